The zero-order valence-electron chi connectivity index (χ0n) is 21.6. The van der Waals surface area contributed by atoms with E-state index in [1.165, 1.54) is 0 Å². The Labute approximate surface area is 227 Å². The van der Waals surface area contributed by atoms with Gasteiger partial charge in [0.25, 0.3) is 0 Å². The van der Waals surface area contributed by atoms with Crippen molar-refractivity contribution >= 4 is 23.3 Å². The van der Waals surface area contributed by atoms with Crippen molar-refractivity contribution < 1.29 is 9.53 Å². The standard InChI is InChI=1S/C29H31ClN6O2/c1-20-7-3-6-10-25(20)32-29(37)35(23-8-4-5-9-23)17-18-36-28(22-11-12-26(38-2)24(30)19-22)33-27(34-36)21-13-15-31-16-14-21/h3,6-7,10-16,19,23H,4-5,8-9,17-18H2,1-2H3,(H,32,37). The number of aryl methyl sites for hydroxylation is 1. The predicted octanol–water partition coefficient (Wildman–Crippen LogP) is 6.45. The van der Waals surface area contributed by atoms with Crippen LogP contribution >= 0.6 is 11.6 Å². The maximum absolute atomic E-state index is 13.5. The van der Waals surface area contributed by atoms with Crippen LogP contribution in [-0.2, 0) is 6.54 Å². The number of halogens is 1. The van der Waals surface area contributed by atoms with Gasteiger partial charge in [0.15, 0.2) is 11.6 Å². The fourth-order valence-corrected chi connectivity index (χ4v) is 5.17. The van der Waals surface area contributed by atoms with Crippen molar-refractivity contribution in [2.75, 3.05) is 19.0 Å². The minimum absolute atomic E-state index is 0.0882. The number of para-hydroxylation sites is 1. The molecule has 0 aliphatic heterocycles. The van der Waals surface area contributed by atoms with E-state index >= 15 is 0 Å². The first kappa shape index (κ1) is 25.7. The number of hydrogen-bond acceptors (Lipinski definition) is 5. The van der Waals surface area contributed by atoms with Crippen LogP contribution in [0.3, 0.4) is 0 Å². The van der Waals surface area contributed by atoms with E-state index in [0.29, 0.717) is 35.5 Å². The number of ether oxygens (including phenoxy) is 1. The van der Waals surface area contributed by atoms with Gasteiger partial charge in [-0.1, -0.05) is 42.6 Å². The van der Waals surface area contributed by atoms with Crippen molar-refractivity contribution in [3.63, 3.8) is 0 Å². The van der Waals surface area contributed by atoms with E-state index in [1.54, 1.807) is 19.5 Å². The molecular weight excluding hydrogens is 500 g/mol. The summed E-state index contributed by atoms with van der Waals surface area (Å²) in [5.74, 6) is 1.86. The number of pyridine rings is 1. The van der Waals surface area contributed by atoms with Gasteiger partial charge in [-0.25, -0.2) is 14.5 Å². The van der Waals surface area contributed by atoms with Crippen LogP contribution in [0.4, 0.5) is 10.5 Å². The number of benzene rings is 2. The smallest absolute Gasteiger partial charge is 0.322 e. The molecule has 0 atom stereocenters. The monoisotopic (exact) mass is 530 g/mol. The van der Waals surface area contributed by atoms with Gasteiger partial charge in [0.2, 0.25) is 0 Å². The van der Waals surface area contributed by atoms with Gasteiger partial charge in [0, 0.05) is 41.8 Å². The third kappa shape index (κ3) is 5.65. The molecule has 0 unspecified atom stereocenters. The van der Waals surface area contributed by atoms with Crippen LogP contribution in [-0.4, -0.2) is 50.4 Å². The van der Waals surface area contributed by atoms with E-state index in [4.69, 9.17) is 26.4 Å². The summed E-state index contributed by atoms with van der Waals surface area (Å²) in [4.78, 5) is 24.4. The number of urea groups is 1. The molecule has 1 saturated carbocycles. The largest absolute Gasteiger partial charge is 0.495 e. The second-order valence-corrected chi connectivity index (χ2v) is 9.85. The van der Waals surface area contributed by atoms with Gasteiger partial charge in [-0.05, 0) is 61.7 Å². The average Bonchev–Trinajstić information content (AvgIpc) is 3.62. The molecule has 9 heteroatoms. The third-order valence-corrected chi connectivity index (χ3v) is 7.28. The van der Waals surface area contributed by atoms with Gasteiger partial charge < -0.3 is 15.0 Å². The molecule has 1 aliphatic rings. The first-order valence-electron chi connectivity index (χ1n) is 12.9. The molecule has 4 aromatic rings. The molecule has 0 bridgehead atoms. The molecule has 2 aromatic heterocycles. The molecule has 196 valence electrons. The Bertz CT molecular complexity index is 1400. The number of carbonyl (C=O) groups excluding carboxylic acids is 1. The Morgan fingerprint density at radius 2 is 1.87 bits per heavy atom. The van der Waals surface area contributed by atoms with E-state index in [0.717, 1.165) is 48.1 Å². The number of rotatable bonds is 8. The minimum Gasteiger partial charge on any atom is -0.495 e. The summed E-state index contributed by atoms with van der Waals surface area (Å²) < 4.78 is 7.19. The average molecular weight is 531 g/mol. The molecule has 2 heterocycles. The van der Waals surface area contributed by atoms with Crippen molar-refractivity contribution in [1.29, 1.82) is 0 Å². The van der Waals surface area contributed by atoms with Gasteiger partial charge >= 0.3 is 6.03 Å². The van der Waals surface area contributed by atoms with Crippen molar-refractivity contribution in [3.05, 3.63) is 77.6 Å². The van der Waals surface area contributed by atoms with Crippen LogP contribution in [0.1, 0.15) is 31.2 Å². The first-order chi connectivity index (χ1) is 18.5. The molecule has 2 amide bonds. The minimum atomic E-state index is -0.0882. The molecule has 8 nitrogen and oxygen atoms in total. The summed E-state index contributed by atoms with van der Waals surface area (Å²) in [5.41, 5.74) is 3.55. The second-order valence-electron chi connectivity index (χ2n) is 9.44. The summed E-state index contributed by atoms with van der Waals surface area (Å²) in [6.07, 6.45) is 7.70. The molecule has 0 radical (unpaired) electrons. The number of carbonyl (C=O) groups is 1. The third-order valence-electron chi connectivity index (χ3n) is 6.99. The Morgan fingerprint density at radius 3 is 2.58 bits per heavy atom. The molecule has 1 N–H and O–H groups in total. The first-order valence-corrected chi connectivity index (χ1v) is 13.2. The maximum Gasteiger partial charge on any atom is 0.322 e. The van der Waals surface area contributed by atoms with E-state index in [2.05, 4.69) is 10.3 Å². The van der Waals surface area contributed by atoms with Crippen molar-refractivity contribution in [3.8, 4) is 28.5 Å². The Morgan fingerprint density at radius 1 is 1.11 bits per heavy atom. The van der Waals surface area contributed by atoms with Gasteiger partial charge in [-0.2, -0.15) is 5.10 Å². The summed E-state index contributed by atoms with van der Waals surface area (Å²) in [6.45, 7) is 2.98. The predicted molar refractivity (Wildman–Crippen MR) is 149 cm³/mol. The molecule has 0 saturated heterocycles. The highest BCUT2D eigenvalue weighted by Gasteiger charge is 2.27. The number of anilines is 1. The molecule has 1 aliphatic carbocycles. The topological polar surface area (TPSA) is 85.2 Å². The van der Waals surface area contributed by atoms with Gasteiger partial charge in [-0.3, -0.25) is 4.98 Å². The fourth-order valence-electron chi connectivity index (χ4n) is 4.91. The van der Waals surface area contributed by atoms with Crippen LogP contribution in [0.2, 0.25) is 5.02 Å². The van der Waals surface area contributed by atoms with E-state index in [-0.39, 0.29) is 12.1 Å². The summed E-state index contributed by atoms with van der Waals surface area (Å²) in [6, 6.07) is 17.3. The molecular formula is C29H31ClN6O2. The molecule has 0 spiro atoms. The number of nitrogens with zero attached hydrogens (tertiary/aromatic N) is 5. The maximum atomic E-state index is 13.5. The van der Waals surface area contributed by atoms with Crippen molar-refractivity contribution in [2.45, 2.75) is 45.2 Å². The lowest BCUT2D eigenvalue weighted by atomic mass is 10.2. The summed E-state index contributed by atoms with van der Waals surface area (Å²) >= 11 is 6.45. The lowest BCUT2D eigenvalue weighted by Crippen LogP contribution is -2.43. The van der Waals surface area contributed by atoms with Crippen LogP contribution in [0, 0.1) is 6.92 Å². The highest BCUT2D eigenvalue weighted by Crippen LogP contribution is 2.31. The lowest BCUT2D eigenvalue weighted by molar-refractivity contribution is 0.184. The van der Waals surface area contributed by atoms with Crippen LogP contribution < -0.4 is 10.1 Å². The van der Waals surface area contributed by atoms with Crippen LogP contribution in [0.15, 0.2) is 67.0 Å². The van der Waals surface area contributed by atoms with Gasteiger partial charge in [0.05, 0.1) is 18.7 Å². The number of aromatic nitrogens is 4. The van der Waals surface area contributed by atoms with Crippen LogP contribution in [0.25, 0.3) is 22.8 Å². The van der Waals surface area contributed by atoms with Gasteiger partial charge in [0.1, 0.15) is 5.75 Å². The zero-order chi connectivity index (χ0) is 26.5. The summed E-state index contributed by atoms with van der Waals surface area (Å²) in [5, 5.41) is 8.45. The van der Waals surface area contributed by atoms with Crippen molar-refractivity contribution in [2.24, 2.45) is 0 Å². The number of hydrogen-bond donors (Lipinski definition) is 1. The quantitative estimate of drug-likeness (QED) is 0.283. The number of amides is 2. The van der Waals surface area contributed by atoms with Gasteiger partial charge in [-0.15, -0.1) is 0 Å². The van der Waals surface area contributed by atoms with E-state index < -0.39 is 0 Å². The zero-order valence-corrected chi connectivity index (χ0v) is 22.4. The van der Waals surface area contributed by atoms with Crippen LogP contribution in [0.5, 0.6) is 5.75 Å². The Hall–Kier alpha value is -3.91. The second kappa shape index (κ2) is 11.6. The molecule has 5 rings (SSSR count). The highest BCUT2D eigenvalue weighted by atomic mass is 35.5. The van der Waals surface area contributed by atoms with E-state index in [1.807, 2.05) is 71.1 Å². The highest BCUT2D eigenvalue weighted by molar-refractivity contribution is 6.32. The Balaban J connectivity index is 1.44. The molecule has 38 heavy (non-hydrogen) atoms. The number of methoxy groups -OCH3 is 1. The number of nitrogens with one attached hydrogen (secondary N) is 1. The van der Waals surface area contributed by atoms with E-state index in [9.17, 15) is 4.79 Å². The lowest BCUT2D eigenvalue weighted by Gasteiger charge is -2.29. The SMILES string of the molecule is COc1ccc(-c2nc(-c3ccncc3)nn2CCN(C(=O)Nc2ccccc2C)C2CCCC2)cc1Cl. The molecule has 1 fully saturated rings. The summed E-state index contributed by atoms with van der Waals surface area (Å²) in [7, 11) is 1.59. The normalized spacial score (nSPS) is 13.4. The van der Waals surface area contributed by atoms with Crippen molar-refractivity contribution in [1.82, 2.24) is 24.6 Å². The Kier molecular flexibility index (Phi) is 7.89. The molecule has 2 aromatic carbocycles. The fraction of sp³-hybridized carbons (Fsp3) is 0.310.